The Labute approximate surface area is 187 Å². The largest absolute Gasteiger partial charge is 0.488 e. The van der Waals surface area contributed by atoms with Gasteiger partial charge in [-0.3, -0.25) is 9.69 Å². The molecule has 1 aromatic heterocycles. The molecule has 8 nitrogen and oxygen atoms in total. The average molecular weight is 501 g/mol. The maximum absolute atomic E-state index is 12.5. The van der Waals surface area contributed by atoms with Gasteiger partial charge in [0, 0.05) is 31.9 Å². The summed E-state index contributed by atoms with van der Waals surface area (Å²) in [6, 6.07) is 3.56. The number of thiophene rings is 1. The average Bonchev–Trinajstić information content (AvgIpc) is 3.05. The molecule has 0 unspecified atom stereocenters. The standard InChI is InChI=1S/C20H25BrN2O6S/c1-3-28-20(26)16-14-4-5-15(21)17(18(14)30-19(16)22-12(2)24)29-11-13(25)10-23-6-8-27-9-7-23/h4-5,13,25H,3,6-11H2,1-2H3,(H,22,24)/t13-/m1/s1. The third-order valence-corrected chi connectivity index (χ3v) is 6.27. The quantitative estimate of drug-likeness (QED) is 0.537. The summed E-state index contributed by atoms with van der Waals surface area (Å²) in [4.78, 5) is 26.3. The SMILES string of the molecule is CCOC(=O)c1c(NC(C)=O)sc2c(OC[C@H](O)CN3CCOCC3)c(Br)ccc12. The van der Waals surface area contributed by atoms with Crippen molar-refractivity contribution in [3.05, 3.63) is 22.2 Å². The van der Waals surface area contributed by atoms with Crippen LogP contribution in [0.2, 0.25) is 0 Å². The number of aliphatic hydroxyl groups excluding tert-OH is 1. The molecule has 2 aromatic rings. The van der Waals surface area contributed by atoms with Gasteiger partial charge in [-0.1, -0.05) is 6.07 Å². The third-order valence-electron chi connectivity index (χ3n) is 4.53. The van der Waals surface area contributed by atoms with Crippen LogP contribution in [-0.4, -0.2) is 74.0 Å². The van der Waals surface area contributed by atoms with Crippen molar-refractivity contribution in [2.24, 2.45) is 0 Å². The number of hydrogen-bond donors (Lipinski definition) is 2. The maximum Gasteiger partial charge on any atom is 0.341 e. The van der Waals surface area contributed by atoms with Gasteiger partial charge in [0.1, 0.15) is 23.3 Å². The summed E-state index contributed by atoms with van der Waals surface area (Å²) in [6.07, 6.45) is -0.676. The van der Waals surface area contributed by atoms with E-state index in [-0.39, 0.29) is 19.1 Å². The molecule has 1 aliphatic rings. The Morgan fingerprint density at radius 3 is 2.77 bits per heavy atom. The van der Waals surface area contributed by atoms with Crippen molar-refractivity contribution in [1.29, 1.82) is 0 Å². The van der Waals surface area contributed by atoms with Crippen LogP contribution in [-0.2, 0) is 14.3 Å². The van der Waals surface area contributed by atoms with Gasteiger partial charge in [-0.05, 0) is 28.9 Å². The number of carbonyl (C=O) groups excluding carboxylic acids is 2. The fourth-order valence-electron chi connectivity index (χ4n) is 3.21. The number of aliphatic hydroxyl groups is 1. The zero-order valence-corrected chi connectivity index (χ0v) is 19.3. The number of amides is 1. The second-order valence-corrected chi connectivity index (χ2v) is 8.71. The van der Waals surface area contributed by atoms with Gasteiger partial charge in [-0.2, -0.15) is 0 Å². The molecule has 3 rings (SSSR count). The molecule has 0 spiro atoms. The Morgan fingerprint density at radius 2 is 2.10 bits per heavy atom. The summed E-state index contributed by atoms with van der Waals surface area (Å²) in [6.45, 7) is 6.81. The minimum atomic E-state index is -0.676. The molecule has 1 amide bonds. The minimum Gasteiger partial charge on any atom is -0.488 e. The molecule has 2 heterocycles. The number of fused-ring (bicyclic) bond motifs is 1. The Hall–Kier alpha value is -1.72. The number of carbonyl (C=O) groups is 2. The van der Waals surface area contributed by atoms with Crippen LogP contribution in [0.4, 0.5) is 5.00 Å². The lowest BCUT2D eigenvalue weighted by molar-refractivity contribution is -0.114. The lowest BCUT2D eigenvalue weighted by atomic mass is 10.1. The zero-order chi connectivity index (χ0) is 21.7. The van der Waals surface area contributed by atoms with Gasteiger partial charge in [-0.25, -0.2) is 4.79 Å². The summed E-state index contributed by atoms with van der Waals surface area (Å²) >= 11 is 4.73. The van der Waals surface area contributed by atoms with Crippen molar-refractivity contribution in [3.63, 3.8) is 0 Å². The van der Waals surface area contributed by atoms with Crippen LogP contribution in [0.5, 0.6) is 5.75 Å². The van der Waals surface area contributed by atoms with Gasteiger partial charge in [0.25, 0.3) is 0 Å². The number of nitrogens with zero attached hydrogens (tertiary/aromatic N) is 1. The highest BCUT2D eigenvalue weighted by Gasteiger charge is 2.25. The predicted molar refractivity (Wildman–Crippen MR) is 119 cm³/mol. The van der Waals surface area contributed by atoms with Crippen LogP contribution in [0.25, 0.3) is 10.1 Å². The van der Waals surface area contributed by atoms with E-state index in [9.17, 15) is 14.7 Å². The molecule has 164 valence electrons. The number of anilines is 1. The Bertz CT molecular complexity index is 912. The minimum absolute atomic E-state index is 0.0944. The monoisotopic (exact) mass is 500 g/mol. The van der Waals surface area contributed by atoms with E-state index in [1.54, 1.807) is 19.1 Å². The van der Waals surface area contributed by atoms with Crippen LogP contribution >= 0.6 is 27.3 Å². The van der Waals surface area contributed by atoms with E-state index in [0.717, 1.165) is 13.1 Å². The van der Waals surface area contributed by atoms with E-state index in [4.69, 9.17) is 14.2 Å². The summed E-state index contributed by atoms with van der Waals surface area (Å²) in [5.74, 6) is -0.275. The second kappa shape index (κ2) is 10.5. The third kappa shape index (κ3) is 5.50. The van der Waals surface area contributed by atoms with Crippen molar-refractivity contribution in [3.8, 4) is 5.75 Å². The van der Waals surface area contributed by atoms with Crippen molar-refractivity contribution < 1.29 is 28.9 Å². The van der Waals surface area contributed by atoms with Crippen LogP contribution in [0.3, 0.4) is 0 Å². The first-order chi connectivity index (χ1) is 14.4. The van der Waals surface area contributed by atoms with Crippen molar-refractivity contribution in [2.75, 3.05) is 51.4 Å². The molecule has 0 saturated carbocycles. The Kier molecular flexibility index (Phi) is 8.06. The number of halogens is 1. The van der Waals surface area contributed by atoms with E-state index >= 15 is 0 Å². The van der Waals surface area contributed by atoms with Gasteiger partial charge in [-0.15, -0.1) is 11.3 Å². The molecule has 1 saturated heterocycles. The number of nitrogens with one attached hydrogen (secondary N) is 1. The van der Waals surface area contributed by atoms with Gasteiger partial charge in [0.2, 0.25) is 5.91 Å². The maximum atomic E-state index is 12.5. The molecule has 2 N–H and O–H groups in total. The molecule has 1 aliphatic heterocycles. The van der Waals surface area contributed by atoms with Crippen molar-refractivity contribution in [2.45, 2.75) is 20.0 Å². The number of morpholine rings is 1. The molecular formula is C20H25BrN2O6S. The molecule has 0 aliphatic carbocycles. The lowest BCUT2D eigenvalue weighted by Gasteiger charge is -2.28. The number of benzene rings is 1. The van der Waals surface area contributed by atoms with Crippen LogP contribution in [0, 0.1) is 0 Å². The fourth-order valence-corrected chi connectivity index (χ4v) is 5.03. The van der Waals surface area contributed by atoms with E-state index < -0.39 is 12.1 Å². The van der Waals surface area contributed by atoms with Crippen LogP contribution in [0.1, 0.15) is 24.2 Å². The van der Waals surface area contributed by atoms with Gasteiger partial charge in [0.05, 0.1) is 29.0 Å². The lowest BCUT2D eigenvalue weighted by Crippen LogP contribution is -2.42. The first kappa shape index (κ1) is 23.0. The number of hydrogen-bond acceptors (Lipinski definition) is 8. The molecule has 30 heavy (non-hydrogen) atoms. The van der Waals surface area contributed by atoms with Gasteiger partial charge in [0.15, 0.2) is 5.75 Å². The summed E-state index contributed by atoms with van der Waals surface area (Å²) in [5.41, 5.74) is 0.304. The molecule has 1 aromatic carbocycles. The van der Waals surface area contributed by atoms with Crippen molar-refractivity contribution >= 4 is 54.2 Å². The normalized spacial score (nSPS) is 15.7. The molecule has 0 radical (unpaired) electrons. The topological polar surface area (TPSA) is 97.3 Å². The second-order valence-electron chi connectivity index (χ2n) is 6.84. The Morgan fingerprint density at radius 1 is 1.37 bits per heavy atom. The smallest absolute Gasteiger partial charge is 0.341 e. The molecule has 0 bridgehead atoms. The number of rotatable bonds is 8. The number of ether oxygens (including phenoxy) is 3. The number of esters is 1. The first-order valence-corrected chi connectivity index (χ1v) is 11.3. The summed E-state index contributed by atoms with van der Waals surface area (Å²) in [5, 5.41) is 14.2. The highest BCUT2D eigenvalue weighted by molar-refractivity contribution is 9.10. The van der Waals surface area contributed by atoms with E-state index in [2.05, 4.69) is 26.1 Å². The summed E-state index contributed by atoms with van der Waals surface area (Å²) < 4.78 is 17.8. The Balaban J connectivity index is 1.85. The summed E-state index contributed by atoms with van der Waals surface area (Å²) in [7, 11) is 0. The predicted octanol–water partition coefficient (Wildman–Crippen LogP) is 2.87. The highest BCUT2D eigenvalue weighted by Crippen LogP contribution is 2.44. The van der Waals surface area contributed by atoms with Gasteiger partial charge < -0.3 is 24.6 Å². The van der Waals surface area contributed by atoms with E-state index in [1.807, 2.05) is 0 Å². The van der Waals surface area contributed by atoms with Crippen LogP contribution in [0.15, 0.2) is 16.6 Å². The fraction of sp³-hybridized carbons (Fsp3) is 0.500. The van der Waals surface area contributed by atoms with E-state index in [1.165, 1.54) is 18.3 Å². The molecule has 1 atom stereocenters. The molecular weight excluding hydrogens is 476 g/mol. The molecule has 1 fully saturated rings. The van der Waals surface area contributed by atoms with Crippen molar-refractivity contribution in [1.82, 2.24) is 4.90 Å². The van der Waals surface area contributed by atoms with E-state index in [0.29, 0.717) is 50.6 Å². The van der Waals surface area contributed by atoms with Gasteiger partial charge >= 0.3 is 5.97 Å². The highest BCUT2D eigenvalue weighted by atomic mass is 79.9. The van der Waals surface area contributed by atoms with Crippen LogP contribution < -0.4 is 10.1 Å². The molecule has 10 heteroatoms. The zero-order valence-electron chi connectivity index (χ0n) is 16.9. The number of β-amino-alcohol motifs (C(OH)–C–C–N with tert-alkyl or cyclic N) is 1. The first-order valence-electron chi connectivity index (χ1n) is 9.71.